The molecule has 0 aliphatic rings. The number of carbonyl (C=O) groups is 1. The van der Waals surface area contributed by atoms with Crippen molar-refractivity contribution in [3.05, 3.63) is 59.7 Å². The Morgan fingerprint density at radius 3 is 2.31 bits per heavy atom. The minimum Gasteiger partial charge on any atom is -0.332 e. The lowest BCUT2D eigenvalue weighted by atomic mass is 9.95. The number of rotatable bonds is 9. The van der Waals surface area contributed by atoms with E-state index in [2.05, 4.69) is 50.4 Å². The number of hydrogen-bond donors (Lipinski definition) is 2. The topological polar surface area (TPSA) is 83.1 Å². The molecule has 1 amide bonds. The second-order valence-corrected chi connectivity index (χ2v) is 9.82. The van der Waals surface area contributed by atoms with Crippen molar-refractivity contribution in [3.63, 3.8) is 0 Å². The van der Waals surface area contributed by atoms with Crippen molar-refractivity contribution >= 4 is 21.6 Å². The molecule has 0 spiro atoms. The third-order valence-electron chi connectivity index (χ3n) is 4.94. The van der Waals surface area contributed by atoms with Crippen molar-refractivity contribution in [3.8, 4) is 0 Å². The Morgan fingerprint density at radius 1 is 1.10 bits per heavy atom. The molecule has 0 unspecified atom stereocenters. The van der Waals surface area contributed by atoms with Gasteiger partial charge in [0.15, 0.2) is 6.54 Å². The zero-order valence-corrected chi connectivity index (χ0v) is 18.7. The third kappa shape index (κ3) is 6.13. The molecular formula is C22H32N3O3S+. The summed E-state index contributed by atoms with van der Waals surface area (Å²) in [5.74, 6) is 0.198. The lowest BCUT2D eigenvalue weighted by molar-refractivity contribution is -0.692. The van der Waals surface area contributed by atoms with Crippen LogP contribution in [0.1, 0.15) is 37.9 Å². The standard InChI is InChI=1S/C22H31N3O3S/c1-6-17-10-12-18(13-11-17)22(16(2)3)23-15-21(26)24-19-8-7-9-20(14-19)29(27,28)25(4)5/h7-14,16,22-23H,6,15H2,1-5H3,(H,24,26)/p+1/t22-/m1/s1. The van der Waals surface area contributed by atoms with E-state index in [9.17, 15) is 13.2 Å². The van der Waals surface area contributed by atoms with E-state index in [0.717, 1.165) is 10.7 Å². The fourth-order valence-electron chi connectivity index (χ4n) is 3.16. The Balaban J connectivity index is 2.04. The highest BCUT2D eigenvalue weighted by Gasteiger charge is 2.21. The van der Waals surface area contributed by atoms with Crippen LogP contribution in [0.2, 0.25) is 0 Å². The van der Waals surface area contributed by atoms with Crippen LogP contribution in [0.5, 0.6) is 0 Å². The molecule has 0 saturated carbocycles. The maximum atomic E-state index is 12.5. The summed E-state index contributed by atoms with van der Waals surface area (Å²) in [4.78, 5) is 12.6. The Kier molecular flexibility index (Phi) is 7.96. The van der Waals surface area contributed by atoms with Crippen molar-refractivity contribution in [2.75, 3.05) is 26.0 Å². The summed E-state index contributed by atoms with van der Waals surface area (Å²) in [6, 6.07) is 15.0. The number of amides is 1. The first-order chi connectivity index (χ1) is 13.6. The number of nitrogens with two attached hydrogens (primary N) is 1. The summed E-state index contributed by atoms with van der Waals surface area (Å²) in [6.07, 6.45) is 1.00. The van der Waals surface area contributed by atoms with E-state index in [-0.39, 0.29) is 23.4 Å². The van der Waals surface area contributed by atoms with Crippen LogP contribution in [-0.4, -0.2) is 39.3 Å². The quantitative estimate of drug-likeness (QED) is 0.656. The molecule has 1 atom stereocenters. The summed E-state index contributed by atoms with van der Waals surface area (Å²) in [6.45, 7) is 6.66. The van der Waals surface area contributed by atoms with Crippen LogP contribution >= 0.6 is 0 Å². The minimum atomic E-state index is -3.54. The molecule has 7 heteroatoms. The van der Waals surface area contributed by atoms with Crippen LogP contribution in [0.3, 0.4) is 0 Å². The van der Waals surface area contributed by atoms with Gasteiger partial charge in [-0.1, -0.05) is 51.1 Å². The van der Waals surface area contributed by atoms with Gasteiger partial charge >= 0.3 is 0 Å². The molecule has 29 heavy (non-hydrogen) atoms. The van der Waals surface area contributed by atoms with Gasteiger partial charge in [-0.15, -0.1) is 0 Å². The van der Waals surface area contributed by atoms with Gasteiger partial charge in [0.05, 0.1) is 4.90 Å². The molecule has 0 saturated heterocycles. The van der Waals surface area contributed by atoms with Crippen molar-refractivity contribution < 1.29 is 18.5 Å². The highest BCUT2D eigenvalue weighted by atomic mass is 32.2. The van der Waals surface area contributed by atoms with Gasteiger partial charge in [0.25, 0.3) is 5.91 Å². The molecule has 2 aromatic rings. The average Bonchev–Trinajstić information content (AvgIpc) is 2.68. The predicted molar refractivity (Wildman–Crippen MR) is 116 cm³/mol. The highest BCUT2D eigenvalue weighted by molar-refractivity contribution is 7.89. The number of anilines is 1. The van der Waals surface area contributed by atoms with Crippen LogP contribution in [-0.2, 0) is 21.2 Å². The van der Waals surface area contributed by atoms with Gasteiger partial charge < -0.3 is 10.6 Å². The fourth-order valence-corrected chi connectivity index (χ4v) is 4.11. The number of carbonyl (C=O) groups excluding carboxylic acids is 1. The lowest BCUT2D eigenvalue weighted by Crippen LogP contribution is -2.88. The highest BCUT2D eigenvalue weighted by Crippen LogP contribution is 2.19. The number of nitrogens with one attached hydrogen (secondary N) is 1. The second kappa shape index (κ2) is 10.0. The number of sulfonamides is 1. The molecule has 0 radical (unpaired) electrons. The molecule has 3 N–H and O–H groups in total. The van der Waals surface area contributed by atoms with Crippen LogP contribution < -0.4 is 10.6 Å². The van der Waals surface area contributed by atoms with Gasteiger partial charge in [-0.05, 0) is 30.2 Å². The van der Waals surface area contributed by atoms with Crippen LogP contribution in [0, 0.1) is 5.92 Å². The van der Waals surface area contributed by atoms with E-state index >= 15 is 0 Å². The van der Waals surface area contributed by atoms with Gasteiger partial charge in [0.2, 0.25) is 10.0 Å². The van der Waals surface area contributed by atoms with Crippen LogP contribution in [0.15, 0.2) is 53.4 Å². The van der Waals surface area contributed by atoms with E-state index in [1.54, 1.807) is 12.1 Å². The molecule has 0 fully saturated rings. The van der Waals surface area contributed by atoms with Crippen molar-refractivity contribution in [1.82, 2.24) is 4.31 Å². The van der Waals surface area contributed by atoms with E-state index in [1.807, 2.05) is 5.32 Å². The Labute approximate surface area is 174 Å². The first-order valence-corrected chi connectivity index (χ1v) is 11.3. The SMILES string of the molecule is CCc1ccc([C@H]([NH2+]CC(=O)Nc2cccc(S(=O)(=O)N(C)C)c2)C(C)C)cc1. The fraction of sp³-hybridized carbons (Fsp3) is 0.409. The van der Waals surface area contributed by atoms with Gasteiger partial charge in [-0.3, -0.25) is 4.79 Å². The van der Waals surface area contributed by atoms with E-state index in [4.69, 9.17) is 0 Å². The molecule has 2 aromatic carbocycles. The number of nitrogens with zero attached hydrogens (tertiary/aromatic N) is 1. The monoisotopic (exact) mass is 418 g/mol. The number of aryl methyl sites for hydroxylation is 1. The van der Waals surface area contributed by atoms with Gasteiger partial charge in [-0.25, -0.2) is 12.7 Å². The minimum absolute atomic E-state index is 0.153. The summed E-state index contributed by atoms with van der Waals surface area (Å²) in [5, 5.41) is 4.83. The molecule has 0 aliphatic heterocycles. The zero-order valence-electron chi connectivity index (χ0n) is 17.8. The predicted octanol–water partition coefficient (Wildman–Crippen LogP) is 2.40. The molecule has 0 aliphatic carbocycles. The Hall–Kier alpha value is -2.22. The summed E-state index contributed by atoms with van der Waals surface area (Å²) < 4.78 is 25.7. The maximum Gasteiger partial charge on any atom is 0.279 e. The van der Waals surface area contributed by atoms with Crippen molar-refractivity contribution in [2.24, 2.45) is 5.92 Å². The molecule has 6 nitrogen and oxygen atoms in total. The number of benzene rings is 2. The molecule has 2 rings (SSSR count). The van der Waals surface area contributed by atoms with Crippen LogP contribution in [0.4, 0.5) is 5.69 Å². The van der Waals surface area contributed by atoms with Crippen molar-refractivity contribution in [1.29, 1.82) is 0 Å². The van der Waals surface area contributed by atoms with Crippen LogP contribution in [0.25, 0.3) is 0 Å². The smallest absolute Gasteiger partial charge is 0.279 e. The van der Waals surface area contributed by atoms with E-state index in [0.29, 0.717) is 11.6 Å². The normalized spacial score (nSPS) is 12.9. The summed E-state index contributed by atoms with van der Waals surface area (Å²) in [5.41, 5.74) is 2.96. The van der Waals surface area contributed by atoms with Gasteiger partial charge in [0, 0.05) is 31.3 Å². The van der Waals surface area contributed by atoms with Gasteiger partial charge in [0.1, 0.15) is 6.04 Å². The molecule has 0 bridgehead atoms. The molecule has 158 valence electrons. The van der Waals surface area contributed by atoms with E-state index < -0.39 is 10.0 Å². The number of hydrogen-bond acceptors (Lipinski definition) is 3. The molecular weight excluding hydrogens is 386 g/mol. The summed E-state index contributed by atoms with van der Waals surface area (Å²) in [7, 11) is -0.578. The summed E-state index contributed by atoms with van der Waals surface area (Å²) >= 11 is 0. The molecule has 0 heterocycles. The Morgan fingerprint density at radius 2 is 1.76 bits per heavy atom. The van der Waals surface area contributed by atoms with E-state index in [1.165, 1.54) is 37.4 Å². The molecule has 0 aromatic heterocycles. The maximum absolute atomic E-state index is 12.5. The first kappa shape index (κ1) is 23.1. The second-order valence-electron chi connectivity index (χ2n) is 7.67. The van der Waals surface area contributed by atoms with Crippen molar-refractivity contribution in [2.45, 2.75) is 38.1 Å². The zero-order chi connectivity index (χ0) is 21.6. The average molecular weight is 419 g/mol. The van der Waals surface area contributed by atoms with Gasteiger partial charge in [-0.2, -0.15) is 0 Å². The largest absolute Gasteiger partial charge is 0.332 e. The first-order valence-electron chi connectivity index (χ1n) is 9.89. The lowest BCUT2D eigenvalue weighted by Gasteiger charge is -2.20. The third-order valence-corrected chi connectivity index (χ3v) is 6.76. The number of quaternary nitrogens is 1. The Bertz CT molecular complexity index is 923.